The number of aliphatic imine (C=N–C) groups is 1. The summed E-state index contributed by atoms with van der Waals surface area (Å²) in [4.78, 5) is 24.8. The van der Waals surface area contributed by atoms with E-state index in [1.165, 1.54) is 12.1 Å². The molecule has 0 radical (unpaired) electrons. The number of thioether (sulfide) groups is 1. The quantitative estimate of drug-likeness (QED) is 0.289. The van der Waals surface area contributed by atoms with E-state index in [1.807, 2.05) is 25.7 Å². The molecule has 38 heavy (non-hydrogen) atoms. The highest BCUT2D eigenvalue weighted by atomic mass is 79.9. The van der Waals surface area contributed by atoms with Crippen LogP contribution in [0.15, 0.2) is 57.6 Å². The maximum absolute atomic E-state index is 15.2. The second-order valence-electron chi connectivity index (χ2n) is 10.2. The van der Waals surface area contributed by atoms with Gasteiger partial charge in [-0.05, 0) is 66.9 Å². The van der Waals surface area contributed by atoms with Crippen LogP contribution in [0.2, 0.25) is 0 Å². The highest BCUT2D eigenvalue weighted by Crippen LogP contribution is 2.51. The maximum Gasteiger partial charge on any atom is 0.246 e. The first-order valence-electron chi connectivity index (χ1n) is 12.8. The molecule has 3 aliphatic rings. The Labute approximate surface area is 235 Å². The van der Waals surface area contributed by atoms with Gasteiger partial charge in [-0.1, -0.05) is 20.1 Å². The minimum absolute atomic E-state index is 0.0298. The fourth-order valence-electron chi connectivity index (χ4n) is 5.97. The van der Waals surface area contributed by atoms with E-state index in [4.69, 9.17) is 4.99 Å². The first kappa shape index (κ1) is 26.9. The molecule has 2 aromatic rings. The molecule has 1 fully saturated rings. The van der Waals surface area contributed by atoms with Gasteiger partial charge in [0.2, 0.25) is 5.91 Å². The minimum Gasteiger partial charge on any atom is -0.352 e. The number of amidine groups is 1. The summed E-state index contributed by atoms with van der Waals surface area (Å²) in [6, 6.07) is 4.67. The predicted molar refractivity (Wildman–Crippen MR) is 155 cm³/mol. The first-order valence-corrected chi connectivity index (χ1v) is 14.6. The summed E-state index contributed by atoms with van der Waals surface area (Å²) in [5.74, 6) is 0.989. The third-order valence-corrected chi connectivity index (χ3v) is 9.48. The van der Waals surface area contributed by atoms with Gasteiger partial charge < -0.3 is 14.7 Å². The van der Waals surface area contributed by atoms with E-state index < -0.39 is 11.6 Å². The largest absolute Gasteiger partial charge is 0.352 e. The lowest BCUT2D eigenvalue weighted by Crippen LogP contribution is -2.60. The van der Waals surface area contributed by atoms with Gasteiger partial charge in [-0.25, -0.2) is 13.8 Å². The number of aryl methyl sites for hydroxylation is 1. The highest BCUT2D eigenvalue weighted by molar-refractivity contribution is 9.10. The number of rotatable bonds is 3. The zero-order valence-electron chi connectivity index (χ0n) is 22.0. The summed E-state index contributed by atoms with van der Waals surface area (Å²) < 4.78 is 29.5. The van der Waals surface area contributed by atoms with Crippen LogP contribution in [0.4, 0.5) is 14.5 Å². The van der Waals surface area contributed by atoms with Crippen LogP contribution in [0.25, 0.3) is 11.1 Å². The van der Waals surface area contributed by atoms with Gasteiger partial charge in [0.25, 0.3) is 0 Å². The lowest BCUT2D eigenvalue weighted by molar-refractivity contribution is -0.132. The Kier molecular flexibility index (Phi) is 7.20. The normalized spacial score (nSPS) is 22.8. The molecule has 0 spiro atoms. The molecular weight excluding hydrogens is 570 g/mol. The van der Waals surface area contributed by atoms with Crippen LogP contribution in [-0.4, -0.2) is 58.5 Å². The molecule has 2 aromatic carbocycles. The standard InChI is InChI=1S/C29H31BrF2N4OS/c1-7-19-14-38-28-26(20-10-22(30)24(32)11-23(20)31)15(3)9-21-27(28)36(19)18(6)33-29(21)34-12-16(4)35(17(5)13-34)25(37)8-2/h8-11,16-17,19H,2,6-7,12-14H2,1,3-5H3/t16-,17+,19-/m0/s1. The number of halogens is 3. The van der Waals surface area contributed by atoms with E-state index in [0.29, 0.717) is 24.5 Å². The Morgan fingerprint density at radius 2 is 1.87 bits per heavy atom. The molecule has 0 saturated carbocycles. The zero-order valence-corrected chi connectivity index (χ0v) is 24.4. The Hall–Kier alpha value is -2.65. The average Bonchev–Trinajstić information content (AvgIpc) is 2.87. The number of amides is 1. The highest BCUT2D eigenvalue weighted by Gasteiger charge is 2.40. The number of carbonyl (C=O) groups is 1. The van der Waals surface area contributed by atoms with Crippen LogP contribution >= 0.6 is 27.7 Å². The molecule has 5 rings (SSSR count). The van der Waals surface area contributed by atoms with Crippen molar-refractivity contribution in [3.05, 3.63) is 70.5 Å². The molecule has 0 aliphatic carbocycles. The summed E-state index contributed by atoms with van der Waals surface area (Å²) in [7, 11) is 0. The van der Waals surface area contributed by atoms with E-state index >= 15 is 4.39 Å². The number of hydrogen-bond donors (Lipinski definition) is 0. The van der Waals surface area contributed by atoms with Crippen LogP contribution in [0, 0.1) is 18.6 Å². The van der Waals surface area contributed by atoms with Gasteiger partial charge in [0.15, 0.2) is 0 Å². The second kappa shape index (κ2) is 10.2. The molecule has 0 unspecified atom stereocenters. The Balaban J connectivity index is 1.67. The van der Waals surface area contributed by atoms with Crippen molar-refractivity contribution in [1.29, 1.82) is 0 Å². The van der Waals surface area contributed by atoms with Crippen molar-refractivity contribution >= 4 is 45.1 Å². The topological polar surface area (TPSA) is 39.2 Å². The van der Waals surface area contributed by atoms with Crippen molar-refractivity contribution in [2.75, 3.05) is 23.7 Å². The smallest absolute Gasteiger partial charge is 0.246 e. The van der Waals surface area contributed by atoms with Crippen LogP contribution < -0.4 is 4.90 Å². The van der Waals surface area contributed by atoms with E-state index in [2.05, 4.69) is 51.9 Å². The molecule has 1 amide bonds. The van der Waals surface area contributed by atoms with Crippen molar-refractivity contribution in [3.63, 3.8) is 0 Å². The monoisotopic (exact) mass is 600 g/mol. The molecule has 1 saturated heterocycles. The van der Waals surface area contributed by atoms with Crippen LogP contribution in [-0.2, 0) is 4.79 Å². The fraction of sp³-hybridized carbons (Fsp3) is 0.379. The van der Waals surface area contributed by atoms with Crippen molar-refractivity contribution in [2.45, 2.75) is 57.1 Å². The summed E-state index contributed by atoms with van der Waals surface area (Å²) >= 11 is 4.95. The number of nitrogens with zero attached hydrogens (tertiary/aromatic N) is 4. The minimum atomic E-state index is -0.629. The summed E-state index contributed by atoms with van der Waals surface area (Å²) in [5, 5.41) is 0. The van der Waals surface area contributed by atoms with Gasteiger partial charge in [-0.3, -0.25) is 4.79 Å². The zero-order chi connectivity index (χ0) is 27.5. The van der Waals surface area contributed by atoms with E-state index in [9.17, 15) is 9.18 Å². The predicted octanol–water partition coefficient (Wildman–Crippen LogP) is 6.73. The number of anilines is 1. The number of piperazine rings is 1. The van der Waals surface area contributed by atoms with E-state index in [-0.39, 0.29) is 28.5 Å². The SMILES string of the molecule is C=CC(=O)N1[C@H](C)CN(C2=NC(=C)N3c4c2cc(C)c(-c2cc(Br)c(F)cc2F)c4SC[C@@H]3CC)C[C@@H]1C. The third kappa shape index (κ3) is 4.28. The Bertz CT molecular complexity index is 1380. The Morgan fingerprint density at radius 1 is 1.18 bits per heavy atom. The summed E-state index contributed by atoms with van der Waals surface area (Å²) in [5.41, 5.74) is 3.98. The number of carbonyl (C=O) groups excluding carboxylic acids is 1. The van der Waals surface area contributed by atoms with Gasteiger partial charge in [-0.2, -0.15) is 0 Å². The van der Waals surface area contributed by atoms with Gasteiger partial charge in [0, 0.05) is 64.6 Å². The maximum atomic E-state index is 15.2. The van der Waals surface area contributed by atoms with Crippen molar-refractivity contribution in [3.8, 4) is 11.1 Å². The van der Waals surface area contributed by atoms with E-state index in [1.54, 1.807) is 11.8 Å². The molecule has 3 atom stereocenters. The van der Waals surface area contributed by atoms with Crippen LogP contribution in [0.3, 0.4) is 0 Å². The molecule has 3 aliphatic heterocycles. The summed E-state index contributed by atoms with van der Waals surface area (Å²) in [6.45, 7) is 17.4. The molecule has 5 nitrogen and oxygen atoms in total. The average molecular weight is 602 g/mol. The third-order valence-electron chi connectivity index (χ3n) is 7.63. The second-order valence-corrected chi connectivity index (χ2v) is 12.1. The fourth-order valence-corrected chi connectivity index (χ4v) is 7.81. The molecule has 9 heteroatoms. The van der Waals surface area contributed by atoms with Crippen molar-refractivity contribution in [2.24, 2.45) is 4.99 Å². The van der Waals surface area contributed by atoms with Crippen molar-refractivity contribution < 1.29 is 13.6 Å². The Morgan fingerprint density at radius 3 is 2.50 bits per heavy atom. The summed E-state index contributed by atoms with van der Waals surface area (Å²) in [6.07, 6.45) is 2.28. The van der Waals surface area contributed by atoms with Gasteiger partial charge in [-0.15, -0.1) is 11.8 Å². The van der Waals surface area contributed by atoms with Crippen molar-refractivity contribution in [1.82, 2.24) is 9.80 Å². The lowest BCUT2D eigenvalue weighted by atomic mass is 9.93. The van der Waals surface area contributed by atoms with Gasteiger partial charge in [0.1, 0.15) is 23.3 Å². The molecule has 0 N–H and O–H groups in total. The molecular formula is C29H31BrF2N4OS. The molecule has 200 valence electrons. The molecule has 0 aromatic heterocycles. The number of hydrogen-bond acceptors (Lipinski definition) is 5. The van der Waals surface area contributed by atoms with Crippen LogP contribution in [0.5, 0.6) is 0 Å². The first-order chi connectivity index (χ1) is 18.1. The molecule has 0 bridgehead atoms. The van der Waals surface area contributed by atoms with E-state index in [0.717, 1.165) is 51.3 Å². The van der Waals surface area contributed by atoms with Crippen LogP contribution in [0.1, 0.15) is 38.3 Å². The molecule has 3 heterocycles. The number of benzene rings is 2. The van der Waals surface area contributed by atoms with Gasteiger partial charge in [0.05, 0.1) is 10.2 Å². The lowest BCUT2D eigenvalue weighted by Gasteiger charge is -2.48. The van der Waals surface area contributed by atoms with Gasteiger partial charge >= 0.3 is 0 Å².